The molecule has 0 atom stereocenters. The van der Waals surface area contributed by atoms with Gasteiger partial charge in [0, 0.05) is 24.6 Å². The molecule has 0 unspecified atom stereocenters. The lowest BCUT2D eigenvalue weighted by atomic mass is 10.1. The summed E-state index contributed by atoms with van der Waals surface area (Å²) < 4.78 is 4.50. The Morgan fingerprint density at radius 2 is 2.10 bits per heavy atom. The number of amides is 1. The number of nitro benzene ring substituents is 1. The molecule has 0 aliphatic rings. The Kier molecular flexibility index (Phi) is 6.16. The van der Waals surface area contributed by atoms with E-state index in [9.17, 15) is 19.7 Å². The quantitative estimate of drug-likeness (QED) is 0.345. The van der Waals surface area contributed by atoms with Gasteiger partial charge >= 0.3 is 5.97 Å². The standard InChI is InChI=1S/C13H16N2O5S/c1-14(7-6-12(16)20-2)13(17)10-8-9(21-3)4-5-11(10)15(18)19/h4-5,8H,6-7H2,1-3H3. The average Bonchev–Trinajstić information content (AvgIpc) is 2.50. The third-order valence-electron chi connectivity index (χ3n) is 2.86. The highest BCUT2D eigenvalue weighted by molar-refractivity contribution is 7.98. The zero-order valence-electron chi connectivity index (χ0n) is 12.0. The number of esters is 1. The first kappa shape index (κ1) is 17.0. The number of nitrogens with zero attached hydrogens (tertiary/aromatic N) is 2. The van der Waals surface area contributed by atoms with Gasteiger partial charge < -0.3 is 9.64 Å². The van der Waals surface area contributed by atoms with Gasteiger partial charge in [-0.2, -0.15) is 0 Å². The van der Waals surface area contributed by atoms with Crippen LogP contribution in [-0.2, 0) is 9.53 Å². The van der Waals surface area contributed by atoms with Crippen LogP contribution in [0.15, 0.2) is 23.1 Å². The summed E-state index contributed by atoms with van der Waals surface area (Å²) >= 11 is 1.39. The Balaban J connectivity index is 2.99. The second-order valence-corrected chi connectivity index (χ2v) is 5.07. The molecule has 1 aromatic rings. The summed E-state index contributed by atoms with van der Waals surface area (Å²) in [5.74, 6) is -0.941. The minimum Gasteiger partial charge on any atom is -0.469 e. The smallest absolute Gasteiger partial charge is 0.307 e. The molecule has 0 bridgehead atoms. The Morgan fingerprint density at radius 1 is 1.43 bits per heavy atom. The van der Waals surface area contributed by atoms with Crippen LogP contribution < -0.4 is 0 Å². The number of carbonyl (C=O) groups is 2. The van der Waals surface area contributed by atoms with Gasteiger partial charge in [-0.15, -0.1) is 11.8 Å². The Bertz CT molecular complexity index is 561. The normalized spacial score (nSPS) is 10.0. The predicted molar refractivity (Wildman–Crippen MR) is 78.5 cm³/mol. The number of hydrogen-bond donors (Lipinski definition) is 0. The van der Waals surface area contributed by atoms with E-state index in [-0.39, 0.29) is 24.2 Å². The Hall–Kier alpha value is -2.09. The lowest BCUT2D eigenvalue weighted by Gasteiger charge is -2.16. The maximum Gasteiger partial charge on any atom is 0.307 e. The van der Waals surface area contributed by atoms with Gasteiger partial charge in [-0.05, 0) is 18.4 Å². The number of carbonyl (C=O) groups excluding carboxylic acids is 2. The molecular formula is C13H16N2O5S. The minimum absolute atomic E-state index is 0.0132. The molecule has 114 valence electrons. The van der Waals surface area contributed by atoms with E-state index in [0.29, 0.717) is 0 Å². The van der Waals surface area contributed by atoms with Crippen molar-refractivity contribution in [2.24, 2.45) is 0 Å². The Labute approximate surface area is 126 Å². The molecular weight excluding hydrogens is 296 g/mol. The second-order valence-electron chi connectivity index (χ2n) is 4.19. The fourth-order valence-electron chi connectivity index (χ4n) is 1.64. The van der Waals surface area contributed by atoms with Gasteiger partial charge in [0.2, 0.25) is 0 Å². The molecule has 0 fully saturated rings. The van der Waals surface area contributed by atoms with Crippen molar-refractivity contribution in [2.45, 2.75) is 11.3 Å². The van der Waals surface area contributed by atoms with Crippen LogP contribution in [0.1, 0.15) is 16.8 Å². The highest BCUT2D eigenvalue weighted by atomic mass is 32.2. The first-order valence-corrected chi connectivity index (χ1v) is 7.28. The molecule has 0 spiro atoms. The topological polar surface area (TPSA) is 89.8 Å². The molecule has 0 saturated carbocycles. The average molecular weight is 312 g/mol. The summed E-state index contributed by atoms with van der Waals surface area (Å²) in [5.41, 5.74) is -0.234. The molecule has 0 aliphatic heterocycles. The molecule has 1 amide bonds. The summed E-state index contributed by atoms with van der Waals surface area (Å²) in [5, 5.41) is 11.0. The van der Waals surface area contributed by atoms with Crippen LogP contribution >= 0.6 is 11.8 Å². The van der Waals surface area contributed by atoms with E-state index < -0.39 is 16.8 Å². The van der Waals surface area contributed by atoms with E-state index in [1.54, 1.807) is 6.07 Å². The van der Waals surface area contributed by atoms with Crippen molar-refractivity contribution in [1.82, 2.24) is 4.90 Å². The van der Waals surface area contributed by atoms with E-state index in [2.05, 4.69) is 4.74 Å². The molecule has 8 heteroatoms. The van der Waals surface area contributed by atoms with Gasteiger partial charge in [0.15, 0.2) is 0 Å². The molecule has 0 heterocycles. The van der Waals surface area contributed by atoms with Gasteiger partial charge in [0.05, 0.1) is 18.5 Å². The Morgan fingerprint density at radius 3 is 2.62 bits per heavy atom. The molecule has 0 radical (unpaired) electrons. The third-order valence-corrected chi connectivity index (χ3v) is 3.58. The minimum atomic E-state index is -0.592. The first-order valence-electron chi connectivity index (χ1n) is 6.05. The SMILES string of the molecule is COC(=O)CCN(C)C(=O)c1cc(SC)ccc1[N+](=O)[O-]. The summed E-state index contributed by atoms with van der Waals surface area (Å²) in [6.45, 7) is 0.131. The predicted octanol–water partition coefficient (Wildman–Crippen LogP) is 1.95. The zero-order chi connectivity index (χ0) is 16.0. The maximum absolute atomic E-state index is 12.3. The van der Waals surface area contributed by atoms with Crippen LogP contribution in [0.2, 0.25) is 0 Å². The van der Waals surface area contributed by atoms with Crippen molar-refractivity contribution in [1.29, 1.82) is 0 Å². The van der Waals surface area contributed by atoms with Crippen molar-refractivity contribution >= 4 is 29.3 Å². The van der Waals surface area contributed by atoms with Crippen molar-refractivity contribution in [3.8, 4) is 0 Å². The van der Waals surface area contributed by atoms with Gasteiger partial charge in [-0.25, -0.2) is 0 Å². The van der Waals surface area contributed by atoms with Gasteiger partial charge in [0.25, 0.3) is 11.6 Å². The molecule has 1 rings (SSSR count). The molecule has 0 aliphatic carbocycles. The van der Waals surface area contributed by atoms with Gasteiger partial charge in [-0.3, -0.25) is 19.7 Å². The fraction of sp³-hybridized carbons (Fsp3) is 0.385. The second kappa shape index (κ2) is 7.63. The van der Waals surface area contributed by atoms with Crippen LogP contribution in [0.4, 0.5) is 5.69 Å². The van der Waals surface area contributed by atoms with Crippen molar-refractivity contribution in [2.75, 3.05) is 27.0 Å². The van der Waals surface area contributed by atoms with Gasteiger partial charge in [-0.1, -0.05) is 0 Å². The number of rotatable bonds is 6. The van der Waals surface area contributed by atoms with E-state index in [4.69, 9.17) is 0 Å². The molecule has 0 saturated heterocycles. The number of benzene rings is 1. The number of thioether (sulfide) groups is 1. The summed E-state index contributed by atoms with van der Waals surface area (Å²) in [7, 11) is 2.75. The lowest BCUT2D eigenvalue weighted by molar-refractivity contribution is -0.385. The fourth-order valence-corrected chi connectivity index (χ4v) is 2.08. The lowest BCUT2D eigenvalue weighted by Crippen LogP contribution is -2.29. The molecule has 0 N–H and O–H groups in total. The largest absolute Gasteiger partial charge is 0.469 e. The van der Waals surface area contributed by atoms with E-state index in [0.717, 1.165) is 4.90 Å². The number of nitro groups is 1. The van der Waals surface area contributed by atoms with Crippen LogP contribution in [-0.4, -0.2) is 48.7 Å². The maximum atomic E-state index is 12.3. The molecule has 0 aromatic heterocycles. The number of methoxy groups -OCH3 is 1. The van der Waals surface area contributed by atoms with Crippen molar-refractivity contribution in [3.05, 3.63) is 33.9 Å². The summed E-state index contributed by atoms with van der Waals surface area (Å²) in [6.07, 6.45) is 1.85. The summed E-state index contributed by atoms with van der Waals surface area (Å²) in [4.78, 5) is 35.8. The number of ether oxygens (including phenoxy) is 1. The highest BCUT2D eigenvalue weighted by Crippen LogP contribution is 2.25. The van der Waals surface area contributed by atoms with Crippen molar-refractivity contribution in [3.63, 3.8) is 0 Å². The van der Waals surface area contributed by atoms with Gasteiger partial charge in [0.1, 0.15) is 5.56 Å². The monoisotopic (exact) mass is 312 g/mol. The van der Waals surface area contributed by atoms with Crippen LogP contribution in [0.5, 0.6) is 0 Å². The third kappa shape index (κ3) is 4.45. The molecule has 21 heavy (non-hydrogen) atoms. The highest BCUT2D eigenvalue weighted by Gasteiger charge is 2.23. The molecule has 1 aromatic carbocycles. The van der Waals surface area contributed by atoms with E-state index in [1.807, 2.05) is 6.26 Å². The molecule has 7 nitrogen and oxygen atoms in total. The van der Waals surface area contributed by atoms with E-state index in [1.165, 1.54) is 43.0 Å². The van der Waals surface area contributed by atoms with Crippen LogP contribution in [0.25, 0.3) is 0 Å². The first-order chi connectivity index (χ1) is 9.90. The van der Waals surface area contributed by atoms with Crippen LogP contribution in [0.3, 0.4) is 0 Å². The number of hydrogen-bond acceptors (Lipinski definition) is 6. The van der Waals surface area contributed by atoms with E-state index >= 15 is 0 Å². The zero-order valence-corrected chi connectivity index (χ0v) is 12.8. The van der Waals surface area contributed by atoms with Crippen molar-refractivity contribution < 1.29 is 19.2 Å². The van der Waals surface area contributed by atoms with Crippen LogP contribution in [0, 0.1) is 10.1 Å². The summed E-state index contributed by atoms with van der Waals surface area (Å²) in [6, 6.07) is 4.39.